The Kier molecular flexibility index (Phi) is 6.88. The molecule has 0 radical (unpaired) electrons. The van der Waals surface area contributed by atoms with Crippen LogP contribution in [0.4, 0.5) is 0 Å². The lowest BCUT2D eigenvalue weighted by Crippen LogP contribution is -2.30. The quantitative estimate of drug-likeness (QED) is 0.900. The number of thiazole rings is 1. The van der Waals surface area contributed by atoms with Gasteiger partial charge in [-0.15, -0.1) is 23.7 Å². The van der Waals surface area contributed by atoms with Crippen LogP contribution >= 0.6 is 23.7 Å². The predicted octanol–water partition coefficient (Wildman–Crippen LogP) is 1.91. The summed E-state index contributed by atoms with van der Waals surface area (Å²) in [6, 6.07) is 0. The number of hydrogen-bond donors (Lipinski definition) is 1. The second-order valence-corrected chi connectivity index (χ2v) is 6.16. The zero-order valence-electron chi connectivity index (χ0n) is 11.9. The van der Waals surface area contributed by atoms with Crippen LogP contribution < -0.4 is 5.73 Å². The molecule has 2 heterocycles. The molecule has 1 aromatic rings. The molecule has 1 atom stereocenters. The first kappa shape index (κ1) is 17.4. The smallest absolute Gasteiger partial charge is 0.273 e. The summed E-state index contributed by atoms with van der Waals surface area (Å²) in [4.78, 5) is 18.3. The van der Waals surface area contributed by atoms with Crippen molar-refractivity contribution in [2.24, 2.45) is 11.7 Å². The lowest BCUT2D eigenvalue weighted by molar-refractivity contribution is 0.0395. The molecule has 2 rings (SSSR count). The Morgan fingerprint density at radius 1 is 1.65 bits per heavy atom. The van der Waals surface area contributed by atoms with Crippen LogP contribution in [0.15, 0.2) is 5.38 Å². The van der Waals surface area contributed by atoms with Crippen molar-refractivity contribution in [1.82, 2.24) is 9.88 Å². The van der Waals surface area contributed by atoms with Crippen LogP contribution in [0.5, 0.6) is 0 Å². The van der Waals surface area contributed by atoms with Gasteiger partial charge in [-0.2, -0.15) is 0 Å². The van der Waals surface area contributed by atoms with E-state index in [1.54, 1.807) is 5.38 Å². The Labute approximate surface area is 129 Å². The first-order valence-electron chi connectivity index (χ1n) is 6.65. The largest absolute Gasteiger partial charge is 0.376 e. The number of nitrogens with zero attached hydrogens (tertiary/aromatic N) is 2. The fourth-order valence-corrected chi connectivity index (χ4v) is 2.69. The van der Waals surface area contributed by atoms with Gasteiger partial charge in [0.05, 0.1) is 6.10 Å². The molecule has 0 saturated carbocycles. The highest BCUT2D eigenvalue weighted by molar-refractivity contribution is 7.09. The minimum absolute atomic E-state index is 0. The van der Waals surface area contributed by atoms with Crippen LogP contribution in [0.2, 0.25) is 0 Å². The molecule has 1 amide bonds. The Morgan fingerprint density at radius 3 is 3.00 bits per heavy atom. The van der Waals surface area contributed by atoms with Crippen molar-refractivity contribution >= 4 is 29.7 Å². The van der Waals surface area contributed by atoms with Crippen molar-refractivity contribution in [1.29, 1.82) is 0 Å². The topological polar surface area (TPSA) is 68.5 Å². The van der Waals surface area contributed by atoms with Crippen LogP contribution in [0, 0.1) is 5.92 Å². The third kappa shape index (κ3) is 4.41. The molecule has 1 aromatic heterocycles. The molecule has 114 valence electrons. The Morgan fingerprint density at radius 2 is 2.40 bits per heavy atom. The summed E-state index contributed by atoms with van der Waals surface area (Å²) in [7, 11) is 0. The molecule has 1 aliphatic rings. The summed E-state index contributed by atoms with van der Waals surface area (Å²) in [6.45, 7) is 6.81. The number of carbonyl (C=O) groups is 1. The van der Waals surface area contributed by atoms with Gasteiger partial charge < -0.3 is 15.4 Å². The van der Waals surface area contributed by atoms with Gasteiger partial charge in [-0.3, -0.25) is 4.79 Å². The number of likely N-dealkylation sites (tertiary alicyclic amines) is 1. The van der Waals surface area contributed by atoms with E-state index in [4.69, 9.17) is 10.5 Å². The van der Waals surface area contributed by atoms with Crippen molar-refractivity contribution in [2.75, 3.05) is 19.7 Å². The van der Waals surface area contributed by atoms with Gasteiger partial charge in [0.1, 0.15) is 10.7 Å². The van der Waals surface area contributed by atoms with Gasteiger partial charge in [-0.1, -0.05) is 13.8 Å². The maximum absolute atomic E-state index is 12.2. The van der Waals surface area contributed by atoms with Gasteiger partial charge in [0, 0.05) is 31.6 Å². The van der Waals surface area contributed by atoms with Crippen LogP contribution in [-0.2, 0) is 11.3 Å². The van der Waals surface area contributed by atoms with Crippen molar-refractivity contribution in [3.63, 3.8) is 0 Å². The molecule has 5 nitrogen and oxygen atoms in total. The highest BCUT2D eigenvalue weighted by Crippen LogP contribution is 2.18. The summed E-state index contributed by atoms with van der Waals surface area (Å²) < 4.78 is 5.78. The number of aromatic nitrogens is 1. The molecule has 0 bridgehead atoms. The Balaban J connectivity index is 0.00000200. The van der Waals surface area contributed by atoms with Crippen LogP contribution in [0.3, 0.4) is 0 Å². The van der Waals surface area contributed by atoms with E-state index in [-0.39, 0.29) is 24.4 Å². The zero-order chi connectivity index (χ0) is 13.8. The average molecular weight is 320 g/mol. The highest BCUT2D eigenvalue weighted by atomic mass is 35.5. The van der Waals surface area contributed by atoms with E-state index in [1.807, 2.05) is 4.90 Å². The van der Waals surface area contributed by atoms with E-state index >= 15 is 0 Å². The molecule has 2 N–H and O–H groups in total. The molecule has 0 spiro atoms. The van der Waals surface area contributed by atoms with Crippen molar-refractivity contribution in [2.45, 2.75) is 32.9 Å². The zero-order valence-corrected chi connectivity index (χ0v) is 13.5. The van der Waals surface area contributed by atoms with Gasteiger partial charge >= 0.3 is 0 Å². The third-order valence-electron chi connectivity index (χ3n) is 3.04. The number of rotatable bonds is 5. The van der Waals surface area contributed by atoms with Crippen molar-refractivity contribution in [3.8, 4) is 0 Å². The van der Waals surface area contributed by atoms with E-state index < -0.39 is 0 Å². The summed E-state index contributed by atoms with van der Waals surface area (Å²) >= 11 is 1.44. The highest BCUT2D eigenvalue weighted by Gasteiger charge is 2.28. The fraction of sp³-hybridized carbons (Fsp3) is 0.692. The molecule has 20 heavy (non-hydrogen) atoms. The molecule has 7 heteroatoms. The van der Waals surface area contributed by atoms with Crippen molar-refractivity contribution < 1.29 is 9.53 Å². The summed E-state index contributed by atoms with van der Waals surface area (Å²) in [5, 5.41) is 2.59. The SMILES string of the molecule is CC(C)COC1CCN(C(=O)c2csc(CN)n2)C1.Cl. The normalized spacial score (nSPS) is 18.4. The number of amides is 1. The monoisotopic (exact) mass is 319 g/mol. The first-order chi connectivity index (χ1) is 9.10. The van der Waals surface area contributed by atoms with Gasteiger partial charge in [0.25, 0.3) is 5.91 Å². The molecule has 0 aromatic carbocycles. The van der Waals surface area contributed by atoms with Gasteiger partial charge in [0.2, 0.25) is 0 Å². The van der Waals surface area contributed by atoms with E-state index in [1.165, 1.54) is 11.3 Å². The second-order valence-electron chi connectivity index (χ2n) is 5.22. The number of hydrogen-bond acceptors (Lipinski definition) is 5. The maximum atomic E-state index is 12.2. The number of halogens is 1. The lowest BCUT2D eigenvalue weighted by Gasteiger charge is -2.16. The molecule has 0 aliphatic carbocycles. The van der Waals surface area contributed by atoms with E-state index in [9.17, 15) is 4.79 Å². The summed E-state index contributed by atoms with van der Waals surface area (Å²) in [5.74, 6) is 0.516. The molecule has 1 aliphatic heterocycles. The van der Waals surface area contributed by atoms with E-state index in [0.29, 0.717) is 24.7 Å². The van der Waals surface area contributed by atoms with Gasteiger partial charge in [-0.05, 0) is 12.3 Å². The maximum Gasteiger partial charge on any atom is 0.273 e. The molecular weight excluding hydrogens is 298 g/mol. The minimum atomic E-state index is -0.00778. The fourth-order valence-electron chi connectivity index (χ4n) is 2.04. The molecule has 1 fully saturated rings. The minimum Gasteiger partial charge on any atom is -0.376 e. The van der Waals surface area contributed by atoms with Gasteiger partial charge in [0.15, 0.2) is 0 Å². The number of nitrogens with two attached hydrogens (primary N) is 1. The second kappa shape index (κ2) is 7.93. The first-order valence-corrected chi connectivity index (χ1v) is 7.53. The third-order valence-corrected chi connectivity index (χ3v) is 3.91. The molecule has 1 unspecified atom stereocenters. The van der Waals surface area contributed by atoms with Crippen molar-refractivity contribution in [3.05, 3.63) is 16.1 Å². The summed E-state index contributed by atoms with van der Waals surface area (Å²) in [6.07, 6.45) is 1.07. The molecule has 1 saturated heterocycles. The van der Waals surface area contributed by atoms with Crippen LogP contribution in [-0.4, -0.2) is 41.6 Å². The van der Waals surface area contributed by atoms with Gasteiger partial charge in [-0.25, -0.2) is 4.98 Å². The van der Waals surface area contributed by atoms with E-state index in [0.717, 1.165) is 24.6 Å². The van der Waals surface area contributed by atoms with Crippen LogP contribution in [0.1, 0.15) is 35.8 Å². The predicted molar refractivity (Wildman–Crippen MR) is 82.4 cm³/mol. The lowest BCUT2D eigenvalue weighted by atomic mass is 10.2. The average Bonchev–Trinajstić information content (AvgIpc) is 3.04. The number of carbonyl (C=O) groups excluding carboxylic acids is 1. The summed E-state index contributed by atoms with van der Waals surface area (Å²) in [5.41, 5.74) is 6.02. The standard InChI is InChI=1S/C13H21N3O2S.ClH/c1-9(2)7-18-10-3-4-16(6-10)13(17)11-8-19-12(5-14)15-11;/h8-10H,3-7,14H2,1-2H3;1H. The number of ether oxygens (including phenoxy) is 1. The van der Waals surface area contributed by atoms with E-state index in [2.05, 4.69) is 18.8 Å². The molecular formula is C13H22ClN3O2S. The Bertz CT molecular complexity index is 439. The van der Waals surface area contributed by atoms with Crippen LogP contribution in [0.25, 0.3) is 0 Å². The Hall–Kier alpha value is -0.690.